The van der Waals surface area contributed by atoms with Crippen molar-refractivity contribution in [3.63, 3.8) is 0 Å². The molecule has 9 heteroatoms. The van der Waals surface area contributed by atoms with Gasteiger partial charge in [0.25, 0.3) is 21.8 Å². The lowest BCUT2D eigenvalue weighted by molar-refractivity contribution is 0.0955. The van der Waals surface area contributed by atoms with Gasteiger partial charge in [-0.15, -0.1) is 0 Å². The van der Waals surface area contributed by atoms with Gasteiger partial charge in [0.05, 0.1) is 22.0 Å². The Bertz CT molecular complexity index is 1620. The Morgan fingerprint density at radius 3 is 2.26 bits per heavy atom. The van der Waals surface area contributed by atoms with Crippen LogP contribution >= 0.6 is 11.6 Å². The number of hydrogen-bond acceptors (Lipinski definition) is 4. The van der Waals surface area contributed by atoms with Gasteiger partial charge in [-0.25, -0.2) is 8.42 Å². The average molecular weight is 562 g/mol. The monoisotopic (exact) mass is 561 g/mol. The zero-order chi connectivity index (χ0) is 28.0. The molecule has 0 saturated heterocycles. The van der Waals surface area contributed by atoms with Crippen molar-refractivity contribution >= 4 is 44.8 Å². The van der Waals surface area contributed by atoms with Crippen LogP contribution in [-0.4, -0.2) is 26.8 Å². The van der Waals surface area contributed by atoms with Crippen LogP contribution in [0.1, 0.15) is 37.4 Å². The summed E-state index contributed by atoms with van der Waals surface area (Å²) in [7, 11) is -4.09. The molecule has 0 heterocycles. The zero-order valence-corrected chi connectivity index (χ0v) is 23.1. The second-order valence-electron chi connectivity index (χ2n) is 8.99. The molecule has 0 aliphatic heterocycles. The molecule has 0 spiro atoms. The Morgan fingerprint density at radius 2 is 1.49 bits per heavy atom. The van der Waals surface area contributed by atoms with Crippen LogP contribution in [0, 0.1) is 13.8 Å². The quantitative estimate of drug-likeness (QED) is 0.234. The minimum absolute atomic E-state index is 0.0254. The van der Waals surface area contributed by atoms with Gasteiger partial charge in [-0.3, -0.25) is 14.3 Å². The second-order valence-corrected chi connectivity index (χ2v) is 11.0. The van der Waals surface area contributed by atoms with E-state index in [0.717, 1.165) is 16.7 Å². The number of aryl methyl sites for hydroxylation is 1. The van der Waals surface area contributed by atoms with Crippen LogP contribution in [0.15, 0.2) is 95.9 Å². The van der Waals surface area contributed by atoms with E-state index in [0.29, 0.717) is 24.3 Å². The van der Waals surface area contributed by atoms with Crippen LogP contribution in [0.25, 0.3) is 0 Å². The molecule has 0 aliphatic carbocycles. The first-order valence-electron chi connectivity index (χ1n) is 12.3. The maximum absolute atomic E-state index is 13.2. The molecule has 0 saturated carbocycles. The molecule has 39 heavy (non-hydrogen) atoms. The second kappa shape index (κ2) is 12.1. The predicted molar refractivity (Wildman–Crippen MR) is 155 cm³/mol. The topological polar surface area (TPSA) is 104 Å². The molecule has 4 rings (SSSR count). The number of hydrogen-bond donors (Lipinski definition) is 3. The third-order valence-electron chi connectivity index (χ3n) is 6.29. The molecule has 4 aromatic rings. The van der Waals surface area contributed by atoms with Gasteiger partial charge in [0, 0.05) is 12.1 Å². The summed E-state index contributed by atoms with van der Waals surface area (Å²) in [6.07, 6.45) is 0.666. The molecule has 0 aliphatic rings. The normalized spacial score (nSPS) is 11.1. The molecule has 0 fully saturated rings. The third kappa shape index (κ3) is 6.85. The maximum atomic E-state index is 13.2. The van der Waals surface area contributed by atoms with Gasteiger partial charge in [0.2, 0.25) is 0 Å². The third-order valence-corrected chi connectivity index (χ3v) is 8.14. The zero-order valence-electron chi connectivity index (χ0n) is 21.5. The molecule has 0 aromatic heterocycles. The van der Waals surface area contributed by atoms with E-state index in [2.05, 4.69) is 15.4 Å². The molecule has 0 atom stereocenters. The van der Waals surface area contributed by atoms with E-state index in [1.807, 2.05) is 50.2 Å². The van der Waals surface area contributed by atoms with Gasteiger partial charge < -0.3 is 10.6 Å². The Balaban J connectivity index is 1.50. The van der Waals surface area contributed by atoms with E-state index >= 15 is 0 Å². The van der Waals surface area contributed by atoms with E-state index in [4.69, 9.17) is 11.6 Å². The molecule has 0 radical (unpaired) electrons. The molecule has 0 bridgehead atoms. The van der Waals surface area contributed by atoms with Gasteiger partial charge in [0.1, 0.15) is 4.90 Å². The predicted octanol–water partition coefficient (Wildman–Crippen LogP) is 5.98. The number of nitrogens with one attached hydrogen (secondary N) is 3. The highest BCUT2D eigenvalue weighted by molar-refractivity contribution is 7.92. The summed E-state index contributed by atoms with van der Waals surface area (Å²) in [6, 6.07) is 25.7. The van der Waals surface area contributed by atoms with Crippen molar-refractivity contribution in [2.75, 3.05) is 16.6 Å². The highest BCUT2D eigenvalue weighted by Gasteiger charge is 2.22. The van der Waals surface area contributed by atoms with E-state index in [1.165, 1.54) is 18.2 Å². The summed E-state index contributed by atoms with van der Waals surface area (Å²) in [6.45, 7) is 4.12. The first kappa shape index (κ1) is 27.9. The van der Waals surface area contributed by atoms with Gasteiger partial charge >= 0.3 is 0 Å². The van der Waals surface area contributed by atoms with E-state index < -0.39 is 15.9 Å². The summed E-state index contributed by atoms with van der Waals surface area (Å²) in [5, 5.41) is 5.57. The van der Waals surface area contributed by atoms with Crippen molar-refractivity contribution in [3.8, 4) is 0 Å². The summed E-state index contributed by atoms with van der Waals surface area (Å²) >= 11 is 6.24. The Labute approximate surface area is 233 Å². The number of carbonyl (C=O) groups excluding carboxylic acids is 2. The van der Waals surface area contributed by atoms with Crippen LogP contribution in [0.5, 0.6) is 0 Å². The van der Waals surface area contributed by atoms with Crippen LogP contribution in [-0.2, 0) is 16.4 Å². The van der Waals surface area contributed by atoms with Crippen LogP contribution in [0.2, 0.25) is 5.02 Å². The largest absolute Gasteiger partial charge is 0.352 e. The Hall–Kier alpha value is -4.14. The van der Waals surface area contributed by atoms with Crippen molar-refractivity contribution in [2.45, 2.75) is 25.2 Å². The first-order valence-corrected chi connectivity index (χ1v) is 14.1. The summed E-state index contributed by atoms with van der Waals surface area (Å²) < 4.78 is 28.9. The minimum atomic E-state index is -4.09. The van der Waals surface area contributed by atoms with Crippen molar-refractivity contribution in [1.29, 1.82) is 0 Å². The highest BCUT2D eigenvalue weighted by atomic mass is 35.5. The molecule has 3 N–H and O–H groups in total. The fraction of sp³-hybridized carbons (Fsp3) is 0.133. The molecular weight excluding hydrogens is 534 g/mol. The van der Waals surface area contributed by atoms with E-state index in [9.17, 15) is 18.0 Å². The fourth-order valence-corrected chi connectivity index (χ4v) is 5.61. The SMILES string of the molecule is Cc1cccc(NS(=O)(=O)c2cc(C(=O)Nc3ccccc3C(=O)NCCc3ccccc3)ccc2Cl)c1C. The number of benzene rings is 4. The van der Waals surface area contributed by atoms with E-state index in [-0.39, 0.29) is 27.0 Å². The van der Waals surface area contributed by atoms with Gasteiger partial charge in [-0.1, -0.05) is 66.2 Å². The van der Waals surface area contributed by atoms with Gasteiger partial charge in [0.15, 0.2) is 0 Å². The number of rotatable bonds is 9. The first-order chi connectivity index (χ1) is 18.7. The summed E-state index contributed by atoms with van der Waals surface area (Å²) in [5.41, 5.74) is 3.89. The maximum Gasteiger partial charge on any atom is 0.263 e. The van der Waals surface area contributed by atoms with Crippen LogP contribution in [0.4, 0.5) is 11.4 Å². The number of halogens is 1. The Morgan fingerprint density at radius 1 is 0.795 bits per heavy atom. The van der Waals surface area contributed by atoms with Gasteiger partial charge in [-0.05, 0) is 73.4 Å². The number of sulfonamides is 1. The summed E-state index contributed by atoms with van der Waals surface area (Å²) in [5.74, 6) is -0.918. The molecule has 4 aromatic carbocycles. The number of anilines is 2. The highest BCUT2D eigenvalue weighted by Crippen LogP contribution is 2.28. The molecule has 0 unspecified atom stereocenters. The summed E-state index contributed by atoms with van der Waals surface area (Å²) in [4.78, 5) is 25.8. The van der Waals surface area contributed by atoms with Crippen molar-refractivity contribution in [2.24, 2.45) is 0 Å². The van der Waals surface area contributed by atoms with Gasteiger partial charge in [-0.2, -0.15) is 0 Å². The number of carbonyl (C=O) groups is 2. The lowest BCUT2D eigenvalue weighted by atomic mass is 10.1. The molecular formula is C30H28ClN3O4S. The molecule has 7 nitrogen and oxygen atoms in total. The van der Waals surface area contributed by atoms with Crippen molar-refractivity contribution < 1.29 is 18.0 Å². The lowest BCUT2D eigenvalue weighted by Crippen LogP contribution is -2.27. The lowest BCUT2D eigenvalue weighted by Gasteiger charge is -2.14. The average Bonchev–Trinajstić information content (AvgIpc) is 2.92. The Kier molecular flexibility index (Phi) is 8.69. The number of para-hydroxylation sites is 1. The number of amides is 2. The van der Waals surface area contributed by atoms with Crippen LogP contribution < -0.4 is 15.4 Å². The van der Waals surface area contributed by atoms with Crippen LogP contribution in [0.3, 0.4) is 0 Å². The van der Waals surface area contributed by atoms with E-state index in [1.54, 1.807) is 36.4 Å². The minimum Gasteiger partial charge on any atom is -0.352 e. The fourth-order valence-electron chi connectivity index (χ4n) is 3.96. The smallest absolute Gasteiger partial charge is 0.263 e. The standard InChI is InChI=1S/C30H28ClN3O4S/c1-20-9-8-14-26(21(20)2)34-39(37,38)28-19-23(15-16-25(28)31)29(35)33-27-13-7-6-12-24(27)30(36)32-18-17-22-10-4-3-5-11-22/h3-16,19,34H,17-18H2,1-2H3,(H,32,36)(H,33,35). The molecule has 200 valence electrons. The van der Waals surface area contributed by atoms with Crippen molar-refractivity contribution in [3.05, 3.63) is 124 Å². The van der Waals surface area contributed by atoms with Crippen molar-refractivity contribution in [1.82, 2.24) is 5.32 Å². The molecule has 2 amide bonds.